The smallest absolute Gasteiger partial charge is 0.252 e. The fourth-order valence-corrected chi connectivity index (χ4v) is 14.9. The zero-order valence-corrected chi connectivity index (χ0v) is 47.1. The van der Waals surface area contributed by atoms with Gasteiger partial charge >= 0.3 is 0 Å². The van der Waals surface area contributed by atoms with Crippen LogP contribution in [0, 0.1) is 6.92 Å². The van der Waals surface area contributed by atoms with Crippen molar-refractivity contribution in [3.63, 3.8) is 0 Å². The average Bonchev–Trinajstić information content (AvgIpc) is 3.74. The number of rotatable bonds is 5. The predicted molar refractivity (Wildman–Crippen MR) is 322 cm³/mol. The van der Waals surface area contributed by atoms with Crippen LogP contribution in [0.4, 0.5) is 51.2 Å². The molecule has 0 spiro atoms. The Morgan fingerprint density at radius 2 is 0.973 bits per heavy atom. The standard InChI is InChI=1S/C71H74BN3/c1-44-35-63-65-64(36-44)75(49-27-31-54-56(39-49)68(7,8)34-33-67(54,5)6)62-42-58-57(69(9,10)43-70(58,11)12)41-60(62)72(65)59-32-28-50(73(46-21-17-15-18-22-46)47-23-19-16-20-24-47)40-61(59)74(63)48-26-30-53-52(38-48)51-29-25-45(66(2,3)4)37-55(51)71(53,13)14/h15-32,35-42H,33-34,43H2,1-14H3. The highest BCUT2D eigenvalue weighted by Gasteiger charge is 2.49. The molecule has 8 aromatic carbocycles. The van der Waals surface area contributed by atoms with Gasteiger partial charge in [-0.3, -0.25) is 0 Å². The number of hydrogen-bond donors (Lipinski definition) is 0. The van der Waals surface area contributed by atoms with Crippen molar-refractivity contribution in [3.8, 4) is 11.1 Å². The molecule has 376 valence electrons. The Morgan fingerprint density at radius 3 is 1.59 bits per heavy atom. The molecule has 0 saturated carbocycles. The van der Waals surface area contributed by atoms with Gasteiger partial charge in [0.25, 0.3) is 6.71 Å². The summed E-state index contributed by atoms with van der Waals surface area (Å²) >= 11 is 0. The molecule has 0 saturated heterocycles. The average molecular weight is 980 g/mol. The molecule has 2 aliphatic heterocycles. The van der Waals surface area contributed by atoms with E-state index in [1.165, 1.54) is 119 Å². The van der Waals surface area contributed by atoms with Crippen LogP contribution in [0.3, 0.4) is 0 Å². The Bertz CT molecular complexity index is 3640. The molecule has 0 aromatic heterocycles. The summed E-state index contributed by atoms with van der Waals surface area (Å²) in [6.45, 7) is 33.9. The monoisotopic (exact) mass is 980 g/mol. The Kier molecular flexibility index (Phi) is 10.1. The Labute approximate surface area is 448 Å². The van der Waals surface area contributed by atoms with Crippen molar-refractivity contribution in [1.29, 1.82) is 0 Å². The lowest BCUT2D eigenvalue weighted by Crippen LogP contribution is -2.61. The number of benzene rings is 8. The van der Waals surface area contributed by atoms with Crippen molar-refractivity contribution in [3.05, 3.63) is 202 Å². The van der Waals surface area contributed by atoms with Crippen molar-refractivity contribution in [1.82, 2.24) is 0 Å². The molecule has 4 heteroatoms. The van der Waals surface area contributed by atoms with Gasteiger partial charge in [-0.1, -0.05) is 169 Å². The van der Waals surface area contributed by atoms with Crippen LogP contribution >= 0.6 is 0 Å². The molecule has 8 aromatic rings. The van der Waals surface area contributed by atoms with Crippen molar-refractivity contribution in [2.45, 2.75) is 149 Å². The maximum absolute atomic E-state index is 2.69. The van der Waals surface area contributed by atoms with E-state index < -0.39 is 0 Å². The van der Waals surface area contributed by atoms with E-state index in [0.717, 1.165) is 23.5 Å². The van der Waals surface area contributed by atoms with Crippen LogP contribution in [0.1, 0.15) is 154 Å². The highest BCUT2D eigenvalue weighted by atomic mass is 15.2. The molecule has 13 rings (SSSR count). The van der Waals surface area contributed by atoms with Crippen molar-refractivity contribution < 1.29 is 0 Å². The summed E-state index contributed by atoms with van der Waals surface area (Å²) in [4.78, 5) is 7.76. The minimum atomic E-state index is -0.137. The van der Waals surface area contributed by atoms with Crippen LogP contribution in [-0.2, 0) is 32.5 Å². The molecule has 3 aliphatic carbocycles. The largest absolute Gasteiger partial charge is 0.311 e. The van der Waals surface area contributed by atoms with Gasteiger partial charge in [0, 0.05) is 56.6 Å². The van der Waals surface area contributed by atoms with E-state index in [1.807, 2.05) is 0 Å². The third kappa shape index (κ3) is 7.13. The minimum absolute atomic E-state index is 0.00762. The van der Waals surface area contributed by atoms with E-state index in [4.69, 9.17) is 0 Å². The first kappa shape index (κ1) is 47.9. The predicted octanol–water partition coefficient (Wildman–Crippen LogP) is 17.5. The summed E-state index contributed by atoms with van der Waals surface area (Å²) in [5.74, 6) is 0. The van der Waals surface area contributed by atoms with Crippen molar-refractivity contribution >= 4 is 74.3 Å². The van der Waals surface area contributed by atoms with E-state index in [2.05, 4.69) is 269 Å². The van der Waals surface area contributed by atoms with Crippen LogP contribution in [0.15, 0.2) is 158 Å². The molecular weight excluding hydrogens is 906 g/mol. The number of hydrogen-bond acceptors (Lipinski definition) is 3. The van der Waals surface area contributed by atoms with Gasteiger partial charge in [-0.05, 0) is 204 Å². The first-order valence-electron chi connectivity index (χ1n) is 27.9. The van der Waals surface area contributed by atoms with Crippen LogP contribution in [0.25, 0.3) is 11.1 Å². The maximum Gasteiger partial charge on any atom is 0.252 e. The third-order valence-electron chi connectivity index (χ3n) is 18.8. The van der Waals surface area contributed by atoms with Gasteiger partial charge in [-0.25, -0.2) is 0 Å². The van der Waals surface area contributed by atoms with E-state index in [1.54, 1.807) is 0 Å². The second kappa shape index (κ2) is 15.9. The van der Waals surface area contributed by atoms with E-state index in [-0.39, 0.29) is 39.2 Å². The van der Waals surface area contributed by atoms with Crippen LogP contribution < -0.4 is 31.1 Å². The summed E-state index contributed by atoms with van der Waals surface area (Å²) in [5.41, 5.74) is 29.2. The van der Waals surface area contributed by atoms with Crippen LogP contribution in [0.5, 0.6) is 0 Å². The van der Waals surface area contributed by atoms with Gasteiger partial charge < -0.3 is 14.7 Å². The lowest BCUT2D eigenvalue weighted by Gasteiger charge is -2.46. The number of fused-ring (bicyclic) bond motifs is 9. The van der Waals surface area contributed by atoms with Crippen molar-refractivity contribution in [2.24, 2.45) is 0 Å². The zero-order chi connectivity index (χ0) is 52.5. The molecule has 2 heterocycles. The van der Waals surface area contributed by atoms with E-state index in [9.17, 15) is 0 Å². The fraction of sp³-hybridized carbons (Fsp3) is 0.324. The van der Waals surface area contributed by atoms with E-state index >= 15 is 0 Å². The minimum Gasteiger partial charge on any atom is -0.311 e. The molecule has 0 radical (unpaired) electrons. The number of aryl methyl sites for hydroxylation is 1. The summed E-state index contributed by atoms with van der Waals surface area (Å²) in [6, 6.07) is 61.7. The highest BCUT2D eigenvalue weighted by Crippen LogP contribution is 2.56. The quantitative estimate of drug-likeness (QED) is 0.159. The Morgan fingerprint density at radius 1 is 0.427 bits per heavy atom. The molecular formula is C71H74BN3. The summed E-state index contributed by atoms with van der Waals surface area (Å²) in [6.07, 6.45) is 3.48. The molecule has 0 bridgehead atoms. The van der Waals surface area contributed by atoms with Gasteiger partial charge in [0.1, 0.15) is 0 Å². The molecule has 3 nitrogen and oxygen atoms in total. The van der Waals surface area contributed by atoms with Crippen molar-refractivity contribution in [2.75, 3.05) is 14.7 Å². The zero-order valence-electron chi connectivity index (χ0n) is 47.1. The number of para-hydroxylation sites is 2. The second-order valence-corrected chi connectivity index (χ2v) is 27.3. The van der Waals surface area contributed by atoms with Gasteiger partial charge in [0.15, 0.2) is 0 Å². The molecule has 75 heavy (non-hydrogen) atoms. The first-order chi connectivity index (χ1) is 35.4. The van der Waals surface area contributed by atoms with Gasteiger partial charge in [0.2, 0.25) is 0 Å². The molecule has 0 atom stereocenters. The second-order valence-electron chi connectivity index (χ2n) is 27.3. The molecule has 0 unspecified atom stereocenters. The SMILES string of the molecule is Cc1cc2c3c(c1)N(c1ccc4c(c1)C(C)(C)CCC4(C)C)c1cc4c(cc1B3c1ccc(N(c3ccccc3)c3ccccc3)cc1N2c1ccc2c(c1)-c1ccc(C(C)(C)C)cc1C2(C)C)C(C)(C)CC4(C)C. The number of anilines is 9. The van der Waals surface area contributed by atoms with Crippen LogP contribution in [-0.4, -0.2) is 6.71 Å². The third-order valence-corrected chi connectivity index (χ3v) is 18.8. The van der Waals surface area contributed by atoms with Crippen LogP contribution in [0.2, 0.25) is 0 Å². The maximum atomic E-state index is 2.69. The first-order valence-corrected chi connectivity index (χ1v) is 27.9. The lowest BCUT2D eigenvalue weighted by atomic mass is 9.33. The Balaban J connectivity index is 1.11. The Hall–Kier alpha value is -6.78. The molecule has 0 amide bonds. The normalized spacial score (nSPS) is 18.3. The molecule has 0 N–H and O–H groups in total. The fourth-order valence-electron chi connectivity index (χ4n) is 14.9. The summed E-state index contributed by atoms with van der Waals surface area (Å²) in [5, 5.41) is 0. The van der Waals surface area contributed by atoms with E-state index in [0.29, 0.717) is 0 Å². The lowest BCUT2D eigenvalue weighted by molar-refractivity contribution is 0.332. The molecule has 0 fully saturated rings. The summed E-state index contributed by atoms with van der Waals surface area (Å²) < 4.78 is 0. The number of nitrogens with zero attached hydrogens (tertiary/aromatic N) is 3. The van der Waals surface area contributed by atoms with Gasteiger partial charge in [-0.2, -0.15) is 0 Å². The molecule has 5 aliphatic rings. The topological polar surface area (TPSA) is 9.72 Å². The van der Waals surface area contributed by atoms with Gasteiger partial charge in [0.05, 0.1) is 0 Å². The van der Waals surface area contributed by atoms with Gasteiger partial charge in [-0.15, -0.1) is 0 Å². The highest BCUT2D eigenvalue weighted by molar-refractivity contribution is 7.00. The summed E-state index contributed by atoms with van der Waals surface area (Å²) in [7, 11) is 0.